The Balaban J connectivity index is 1.96. The van der Waals surface area contributed by atoms with Gasteiger partial charge in [0.1, 0.15) is 0 Å². The van der Waals surface area contributed by atoms with E-state index in [2.05, 4.69) is 4.72 Å². The van der Waals surface area contributed by atoms with Crippen molar-refractivity contribution in [2.45, 2.75) is 11.3 Å². The minimum Gasteiger partial charge on any atom is -0.378 e. The van der Waals surface area contributed by atoms with Crippen LogP contribution in [0.15, 0.2) is 53.4 Å². The van der Waals surface area contributed by atoms with Crippen LogP contribution in [-0.2, 0) is 16.4 Å². The predicted octanol–water partition coefficient (Wildman–Crippen LogP) is 2.18. The highest BCUT2D eigenvalue weighted by Crippen LogP contribution is 2.16. The standard InChI is InChI=1S/C16H19N3O4S/c1-18(2)14-5-3-13(4-6-14)11-12-17-24(22,23)16-9-7-15(8-10-16)19(20)21/h3-10,17H,11-12H2,1-2H3. The van der Waals surface area contributed by atoms with E-state index in [4.69, 9.17) is 0 Å². The van der Waals surface area contributed by atoms with E-state index in [9.17, 15) is 18.5 Å². The van der Waals surface area contributed by atoms with Crippen molar-refractivity contribution >= 4 is 21.4 Å². The molecule has 0 saturated carbocycles. The summed E-state index contributed by atoms with van der Waals surface area (Å²) in [6.45, 7) is 0.251. The van der Waals surface area contributed by atoms with Gasteiger partial charge in [0, 0.05) is 38.5 Å². The van der Waals surface area contributed by atoms with Crippen molar-refractivity contribution in [2.75, 3.05) is 25.5 Å². The van der Waals surface area contributed by atoms with Gasteiger partial charge in [0.15, 0.2) is 0 Å². The first-order valence-electron chi connectivity index (χ1n) is 7.30. The summed E-state index contributed by atoms with van der Waals surface area (Å²) in [4.78, 5) is 12.0. The van der Waals surface area contributed by atoms with Crippen molar-refractivity contribution in [3.05, 3.63) is 64.2 Å². The molecule has 0 aliphatic rings. The van der Waals surface area contributed by atoms with Crippen molar-refractivity contribution in [2.24, 2.45) is 0 Å². The first-order chi connectivity index (χ1) is 11.3. The number of benzene rings is 2. The van der Waals surface area contributed by atoms with Crippen LogP contribution in [0.4, 0.5) is 11.4 Å². The quantitative estimate of drug-likeness (QED) is 0.611. The number of hydrogen-bond donors (Lipinski definition) is 1. The van der Waals surface area contributed by atoms with Crippen molar-refractivity contribution in [3.63, 3.8) is 0 Å². The highest BCUT2D eigenvalue weighted by atomic mass is 32.2. The van der Waals surface area contributed by atoms with Gasteiger partial charge in [0.2, 0.25) is 10.0 Å². The molecule has 0 radical (unpaired) electrons. The Morgan fingerprint density at radius 2 is 1.62 bits per heavy atom. The van der Waals surface area contributed by atoms with Crippen LogP contribution in [0.3, 0.4) is 0 Å². The fourth-order valence-electron chi connectivity index (χ4n) is 2.12. The van der Waals surface area contributed by atoms with E-state index >= 15 is 0 Å². The number of sulfonamides is 1. The largest absolute Gasteiger partial charge is 0.378 e. The van der Waals surface area contributed by atoms with Crippen LogP contribution in [-0.4, -0.2) is 34.0 Å². The number of nitrogens with zero attached hydrogens (tertiary/aromatic N) is 2. The average molecular weight is 349 g/mol. The smallest absolute Gasteiger partial charge is 0.269 e. The normalized spacial score (nSPS) is 11.2. The van der Waals surface area contributed by atoms with Gasteiger partial charge in [-0.05, 0) is 36.2 Å². The zero-order valence-corrected chi connectivity index (χ0v) is 14.3. The van der Waals surface area contributed by atoms with E-state index in [1.807, 2.05) is 43.3 Å². The maximum Gasteiger partial charge on any atom is 0.269 e. The molecule has 128 valence electrons. The molecule has 7 nitrogen and oxygen atoms in total. The molecule has 24 heavy (non-hydrogen) atoms. The van der Waals surface area contributed by atoms with E-state index in [0.29, 0.717) is 6.42 Å². The van der Waals surface area contributed by atoms with Gasteiger partial charge in [0.25, 0.3) is 5.69 Å². The number of nitrogens with one attached hydrogen (secondary N) is 1. The first-order valence-corrected chi connectivity index (χ1v) is 8.78. The van der Waals surface area contributed by atoms with Crippen LogP contribution < -0.4 is 9.62 Å². The molecule has 8 heteroatoms. The minimum absolute atomic E-state index is 0.0102. The molecule has 0 fully saturated rings. The summed E-state index contributed by atoms with van der Waals surface area (Å²) < 4.78 is 26.8. The highest BCUT2D eigenvalue weighted by molar-refractivity contribution is 7.89. The maximum absolute atomic E-state index is 12.2. The third-order valence-corrected chi connectivity index (χ3v) is 4.99. The zero-order chi connectivity index (χ0) is 17.7. The number of nitro benzene ring substituents is 1. The van der Waals surface area contributed by atoms with Gasteiger partial charge in [-0.15, -0.1) is 0 Å². The first kappa shape index (κ1) is 17.9. The summed E-state index contributed by atoms with van der Waals surface area (Å²) in [5.74, 6) is 0. The Morgan fingerprint density at radius 3 is 2.12 bits per heavy atom. The molecule has 0 spiro atoms. The van der Waals surface area contributed by atoms with E-state index in [1.165, 1.54) is 24.3 Å². The van der Waals surface area contributed by atoms with Gasteiger partial charge >= 0.3 is 0 Å². The molecule has 0 aromatic heterocycles. The molecule has 0 saturated heterocycles. The molecule has 2 aromatic carbocycles. The fourth-order valence-corrected chi connectivity index (χ4v) is 3.15. The third kappa shape index (κ3) is 4.53. The fraction of sp³-hybridized carbons (Fsp3) is 0.250. The van der Waals surface area contributed by atoms with Crippen LogP contribution in [0.5, 0.6) is 0 Å². The van der Waals surface area contributed by atoms with Crippen molar-refractivity contribution in [3.8, 4) is 0 Å². The van der Waals surface area contributed by atoms with Gasteiger partial charge in [0.05, 0.1) is 9.82 Å². The molecule has 2 rings (SSSR count). The Kier molecular flexibility index (Phi) is 5.53. The second-order valence-corrected chi connectivity index (χ2v) is 7.23. The number of hydrogen-bond acceptors (Lipinski definition) is 5. The van der Waals surface area contributed by atoms with Gasteiger partial charge in [-0.3, -0.25) is 10.1 Å². The van der Waals surface area contributed by atoms with E-state index < -0.39 is 14.9 Å². The Labute approximate surface area is 141 Å². The summed E-state index contributed by atoms with van der Waals surface area (Å²) in [7, 11) is 0.228. The van der Waals surface area contributed by atoms with Crippen molar-refractivity contribution < 1.29 is 13.3 Å². The van der Waals surface area contributed by atoms with Gasteiger partial charge in [-0.1, -0.05) is 12.1 Å². The lowest BCUT2D eigenvalue weighted by Gasteiger charge is -2.12. The van der Waals surface area contributed by atoms with Crippen molar-refractivity contribution in [1.29, 1.82) is 0 Å². The summed E-state index contributed by atoms with van der Waals surface area (Å²) >= 11 is 0. The second-order valence-electron chi connectivity index (χ2n) is 5.46. The Morgan fingerprint density at radius 1 is 1.04 bits per heavy atom. The summed E-state index contributed by atoms with van der Waals surface area (Å²) in [5.41, 5.74) is 1.95. The molecular formula is C16H19N3O4S. The number of anilines is 1. The third-order valence-electron chi connectivity index (χ3n) is 3.52. The molecule has 0 heterocycles. The maximum atomic E-state index is 12.2. The summed E-state index contributed by atoms with van der Waals surface area (Å²) in [6.07, 6.45) is 0.555. The summed E-state index contributed by atoms with van der Waals surface area (Å²) in [5, 5.41) is 10.6. The lowest BCUT2D eigenvalue weighted by molar-refractivity contribution is -0.384. The van der Waals surface area contributed by atoms with Crippen molar-refractivity contribution in [1.82, 2.24) is 4.72 Å². The monoisotopic (exact) mass is 349 g/mol. The number of nitro groups is 1. The van der Waals surface area contributed by atoms with Crippen LogP contribution >= 0.6 is 0 Å². The number of rotatable bonds is 7. The van der Waals surface area contributed by atoms with Crippen LogP contribution in [0.2, 0.25) is 0 Å². The molecule has 0 unspecified atom stereocenters. The van der Waals surface area contributed by atoms with Gasteiger partial charge in [-0.2, -0.15) is 0 Å². The molecular weight excluding hydrogens is 330 g/mol. The summed E-state index contributed by atoms with van der Waals surface area (Å²) in [6, 6.07) is 12.7. The van der Waals surface area contributed by atoms with Gasteiger partial charge in [-0.25, -0.2) is 13.1 Å². The van der Waals surface area contributed by atoms with Gasteiger partial charge < -0.3 is 4.90 Å². The molecule has 0 bridgehead atoms. The Bertz CT molecular complexity index is 800. The van der Waals surface area contributed by atoms with E-state index in [-0.39, 0.29) is 17.1 Å². The molecule has 0 aliphatic heterocycles. The van der Waals surface area contributed by atoms with E-state index in [0.717, 1.165) is 11.3 Å². The molecule has 1 N–H and O–H groups in total. The van der Waals surface area contributed by atoms with Crippen LogP contribution in [0.1, 0.15) is 5.56 Å². The molecule has 0 atom stereocenters. The molecule has 0 aliphatic carbocycles. The van der Waals surface area contributed by atoms with Crippen LogP contribution in [0.25, 0.3) is 0 Å². The zero-order valence-electron chi connectivity index (χ0n) is 13.5. The topological polar surface area (TPSA) is 92.6 Å². The SMILES string of the molecule is CN(C)c1ccc(CCNS(=O)(=O)c2ccc([N+](=O)[O-])cc2)cc1. The van der Waals surface area contributed by atoms with Crippen LogP contribution in [0, 0.1) is 10.1 Å². The molecule has 0 amide bonds. The lowest BCUT2D eigenvalue weighted by atomic mass is 10.1. The van der Waals surface area contributed by atoms with E-state index in [1.54, 1.807) is 0 Å². The number of non-ortho nitro benzene ring substituents is 1. The average Bonchev–Trinajstić information content (AvgIpc) is 2.55. The lowest BCUT2D eigenvalue weighted by Crippen LogP contribution is -2.26. The minimum atomic E-state index is -3.68. The second kappa shape index (κ2) is 7.41. The molecule has 2 aromatic rings. The highest BCUT2D eigenvalue weighted by Gasteiger charge is 2.15. The Hall–Kier alpha value is -2.45. The predicted molar refractivity (Wildman–Crippen MR) is 92.8 cm³/mol.